The zero-order valence-corrected chi connectivity index (χ0v) is 25.2. The maximum atomic E-state index is 4.98. The van der Waals surface area contributed by atoms with Crippen molar-refractivity contribution in [1.82, 2.24) is 14.5 Å². The fraction of sp³-hybridized carbons (Fsp3) is 0.235. The number of rotatable bonds is 3. The Labute approximate surface area is 240 Å². The minimum Gasteiger partial charge on any atom is -0.355 e. The molecule has 3 nitrogen and oxygen atoms in total. The van der Waals surface area contributed by atoms with Gasteiger partial charge in [-0.1, -0.05) is 45.1 Å². The molecule has 0 N–H and O–H groups in total. The van der Waals surface area contributed by atoms with Crippen LogP contribution in [0.2, 0.25) is 0 Å². The molecule has 0 bridgehead atoms. The standard InChI is InChI=1S/C21H21N2.C13H12N.Ir/c1-14(2)17-12-16-10-11-21(3,4)23-19(16)18(13-17)22-20(23)15-8-6-5-7-9-15;1-10-3-6-12(7-4-10)13-8-5-11(2)9-14-13;/h5-8,10-14H,1-4H3;3-6,8-9H,1-2H3;/q2*-1;. The molecule has 4 heteroatoms. The molecule has 0 unspecified atom stereocenters. The molecule has 2 aromatic heterocycles. The van der Waals surface area contributed by atoms with Crippen LogP contribution in [0.5, 0.6) is 0 Å². The molecular weight excluding hydrogens is 643 g/mol. The van der Waals surface area contributed by atoms with Crippen LogP contribution in [-0.4, -0.2) is 14.5 Å². The number of hydrogen-bond acceptors (Lipinski definition) is 2. The molecule has 6 rings (SSSR count). The van der Waals surface area contributed by atoms with E-state index in [-0.39, 0.29) is 25.6 Å². The molecule has 0 saturated carbocycles. The van der Waals surface area contributed by atoms with Crippen LogP contribution in [0.15, 0.2) is 79.0 Å². The number of imidazole rings is 1. The van der Waals surface area contributed by atoms with E-state index in [1.165, 1.54) is 27.8 Å². The van der Waals surface area contributed by atoms with Gasteiger partial charge in [-0.25, -0.2) is 0 Å². The number of pyridine rings is 1. The summed E-state index contributed by atoms with van der Waals surface area (Å²) in [5.74, 6) is 1.49. The monoisotopic (exact) mass is 676 g/mol. The minimum absolute atomic E-state index is 0. The summed E-state index contributed by atoms with van der Waals surface area (Å²) in [6.45, 7) is 13.0. The average Bonchev–Trinajstić information content (AvgIpc) is 3.30. The molecule has 1 radical (unpaired) electrons. The zero-order valence-electron chi connectivity index (χ0n) is 22.8. The average molecular weight is 676 g/mol. The van der Waals surface area contributed by atoms with Gasteiger partial charge in [-0.05, 0) is 61.2 Å². The van der Waals surface area contributed by atoms with Gasteiger partial charge in [-0.2, -0.15) is 0 Å². The number of aryl methyl sites for hydroxylation is 2. The fourth-order valence-electron chi connectivity index (χ4n) is 4.65. The third kappa shape index (κ3) is 5.57. The Balaban J connectivity index is 0.000000193. The van der Waals surface area contributed by atoms with Crippen molar-refractivity contribution in [3.8, 4) is 22.6 Å². The summed E-state index contributed by atoms with van der Waals surface area (Å²) in [6.07, 6.45) is 6.39. The van der Waals surface area contributed by atoms with E-state index in [1.807, 2.05) is 49.5 Å². The first-order valence-electron chi connectivity index (χ1n) is 12.9. The van der Waals surface area contributed by atoms with Crippen LogP contribution >= 0.6 is 0 Å². The molecule has 0 saturated heterocycles. The van der Waals surface area contributed by atoms with Gasteiger partial charge in [-0.3, -0.25) is 4.98 Å². The molecule has 3 aromatic carbocycles. The largest absolute Gasteiger partial charge is 0.355 e. The van der Waals surface area contributed by atoms with Crippen LogP contribution in [0, 0.1) is 26.0 Å². The number of hydrogen-bond donors (Lipinski definition) is 0. The smallest absolute Gasteiger partial charge is 0.0780 e. The maximum absolute atomic E-state index is 4.98. The Hall–Kier alpha value is -3.33. The molecule has 1 aliphatic rings. The van der Waals surface area contributed by atoms with E-state index in [2.05, 4.69) is 98.8 Å². The summed E-state index contributed by atoms with van der Waals surface area (Å²) < 4.78 is 2.35. The molecule has 0 atom stereocenters. The third-order valence-electron chi connectivity index (χ3n) is 6.82. The Morgan fingerprint density at radius 2 is 1.68 bits per heavy atom. The van der Waals surface area contributed by atoms with Crippen molar-refractivity contribution >= 4 is 17.1 Å². The second-order valence-electron chi connectivity index (χ2n) is 10.7. The summed E-state index contributed by atoms with van der Waals surface area (Å²) in [7, 11) is 0. The van der Waals surface area contributed by atoms with Gasteiger partial charge in [0.1, 0.15) is 0 Å². The molecule has 1 aliphatic heterocycles. The van der Waals surface area contributed by atoms with Gasteiger partial charge < -0.3 is 9.55 Å². The summed E-state index contributed by atoms with van der Waals surface area (Å²) in [6, 6.07) is 29.4. The number of allylic oxidation sites excluding steroid dienone is 1. The van der Waals surface area contributed by atoms with Crippen LogP contribution < -0.4 is 0 Å². The van der Waals surface area contributed by atoms with E-state index < -0.39 is 0 Å². The molecule has 3 heterocycles. The number of benzene rings is 3. The van der Waals surface area contributed by atoms with Gasteiger partial charge in [0, 0.05) is 26.3 Å². The van der Waals surface area contributed by atoms with Crippen molar-refractivity contribution in [2.45, 2.75) is 53.0 Å². The Bertz CT molecular complexity index is 1520. The Morgan fingerprint density at radius 1 is 0.895 bits per heavy atom. The predicted octanol–water partition coefficient (Wildman–Crippen LogP) is 8.55. The van der Waals surface area contributed by atoms with Gasteiger partial charge in [0.05, 0.1) is 22.4 Å². The summed E-state index contributed by atoms with van der Waals surface area (Å²) in [5, 5.41) is 0. The second kappa shape index (κ2) is 11.2. The predicted molar refractivity (Wildman–Crippen MR) is 154 cm³/mol. The maximum Gasteiger partial charge on any atom is 0.0780 e. The molecule has 0 amide bonds. The van der Waals surface area contributed by atoms with Crippen molar-refractivity contribution < 1.29 is 20.1 Å². The quantitative estimate of drug-likeness (QED) is 0.180. The first-order chi connectivity index (χ1) is 17.7. The SMILES string of the molecule is CC(C)c1cc2c3c(c1)nc(-c1[c-]cccc1)n3C(C)(C)C=C2.Cc1c[c-]c(-c2ccc(C)cn2)cc1.[Ir]. The van der Waals surface area contributed by atoms with E-state index in [9.17, 15) is 0 Å². The Morgan fingerprint density at radius 3 is 2.32 bits per heavy atom. The number of nitrogens with zero attached hydrogens (tertiary/aromatic N) is 3. The van der Waals surface area contributed by atoms with E-state index in [1.54, 1.807) is 0 Å². The molecule has 5 aromatic rings. The zero-order chi connectivity index (χ0) is 26.2. The third-order valence-corrected chi connectivity index (χ3v) is 6.82. The molecule has 38 heavy (non-hydrogen) atoms. The second-order valence-corrected chi connectivity index (χ2v) is 10.7. The normalized spacial score (nSPS) is 13.1. The van der Waals surface area contributed by atoms with Crippen LogP contribution in [0.3, 0.4) is 0 Å². The first-order valence-corrected chi connectivity index (χ1v) is 12.9. The van der Waals surface area contributed by atoms with Gasteiger partial charge in [0.15, 0.2) is 0 Å². The first kappa shape index (κ1) is 27.7. The van der Waals surface area contributed by atoms with Crippen molar-refractivity contribution in [2.75, 3.05) is 0 Å². The summed E-state index contributed by atoms with van der Waals surface area (Å²) in [5.41, 5.74) is 10.3. The van der Waals surface area contributed by atoms with Crippen LogP contribution in [0.4, 0.5) is 0 Å². The van der Waals surface area contributed by atoms with Crippen LogP contribution in [0.1, 0.15) is 55.9 Å². The van der Waals surface area contributed by atoms with E-state index in [0.717, 1.165) is 28.2 Å². The summed E-state index contributed by atoms with van der Waals surface area (Å²) in [4.78, 5) is 9.33. The molecule has 0 aliphatic carbocycles. The van der Waals surface area contributed by atoms with Crippen molar-refractivity contribution in [3.05, 3.63) is 113 Å². The van der Waals surface area contributed by atoms with Crippen LogP contribution in [-0.2, 0) is 25.6 Å². The van der Waals surface area contributed by atoms with Crippen molar-refractivity contribution in [3.63, 3.8) is 0 Å². The molecular formula is C34H33IrN3-2. The van der Waals surface area contributed by atoms with Gasteiger partial charge >= 0.3 is 0 Å². The van der Waals surface area contributed by atoms with E-state index >= 15 is 0 Å². The van der Waals surface area contributed by atoms with E-state index in [4.69, 9.17) is 4.98 Å². The summed E-state index contributed by atoms with van der Waals surface area (Å²) >= 11 is 0. The topological polar surface area (TPSA) is 30.7 Å². The molecule has 195 valence electrons. The van der Waals surface area contributed by atoms with Crippen molar-refractivity contribution in [1.29, 1.82) is 0 Å². The van der Waals surface area contributed by atoms with Gasteiger partial charge in [-0.15, -0.1) is 71.3 Å². The molecule has 0 fully saturated rings. The van der Waals surface area contributed by atoms with Gasteiger partial charge in [0.2, 0.25) is 0 Å². The Kier molecular flexibility index (Phi) is 8.16. The van der Waals surface area contributed by atoms with Crippen molar-refractivity contribution in [2.24, 2.45) is 0 Å². The van der Waals surface area contributed by atoms with Crippen LogP contribution in [0.25, 0.3) is 39.8 Å². The number of aromatic nitrogens is 3. The van der Waals surface area contributed by atoms with Gasteiger partial charge in [0.25, 0.3) is 0 Å². The fourth-order valence-corrected chi connectivity index (χ4v) is 4.65. The van der Waals surface area contributed by atoms with E-state index in [0.29, 0.717) is 5.92 Å². The minimum atomic E-state index is -0.0971. The molecule has 0 spiro atoms.